The van der Waals surface area contributed by atoms with Crippen LogP contribution in [0.2, 0.25) is 0 Å². The van der Waals surface area contributed by atoms with Crippen molar-refractivity contribution in [3.8, 4) is 0 Å². The van der Waals surface area contributed by atoms with E-state index < -0.39 is 23.4 Å². The third kappa shape index (κ3) is 6.54. The fourth-order valence-electron chi connectivity index (χ4n) is 1.85. The smallest absolute Gasteiger partial charge is 0.407 e. The van der Waals surface area contributed by atoms with Crippen LogP contribution in [0.4, 0.5) is 14.9 Å². The van der Waals surface area contributed by atoms with Crippen LogP contribution in [0.5, 0.6) is 0 Å². The molecule has 0 heterocycles. The second-order valence-electron chi connectivity index (χ2n) is 6.24. The lowest BCUT2D eigenvalue weighted by Gasteiger charge is -2.19. The monoisotopic (exact) mass is 325 g/mol. The number of ether oxygens (including phenoxy) is 1. The van der Waals surface area contributed by atoms with Crippen molar-refractivity contribution in [2.45, 2.75) is 39.7 Å². The van der Waals surface area contributed by atoms with Gasteiger partial charge in [-0.25, -0.2) is 9.18 Å². The van der Waals surface area contributed by atoms with Gasteiger partial charge >= 0.3 is 6.09 Å². The maximum absolute atomic E-state index is 13.9. The van der Waals surface area contributed by atoms with Crippen molar-refractivity contribution in [3.63, 3.8) is 0 Å². The molecule has 2 amide bonds. The Labute approximate surface area is 135 Å². The largest absolute Gasteiger partial charge is 0.444 e. The first-order chi connectivity index (χ1) is 10.6. The number of nitrogen functional groups attached to an aromatic ring is 1. The molecular formula is C16H24FN3O3. The molecule has 128 valence electrons. The van der Waals surface area contributed by atoms with Crippen molar-refractivity contribution in [3.05, 3.63) is 29.1 Å². The zero-order valence-corrected chi connectivity index (χ0v) is 14.0. The van der Waals surface area contributed by atoms with Crippen molar-refractivity contribution in [2.24, 2.45) is 0 Å². The molecule has 7 heteroatoms. The standard InChI is InChI=1S/C16H24FN3O3/c1-10-8-11(18)9-12(13(10)17)14(21)19-6-5-7-20-15(22)23-16(2,3)4/h8-9H,5-7,18H2,1-4H3,(H,19,21)(H,20,22). The highest BCUT2D eigenvalue weighted by atomic mass is 19.1. The van der Waals surface area contributed by atoms with E-state index in [4.69, 9.17) is 10.5 Å². The summed E-state index contributed by atoms with van der Waals surface area (Å²) in [6, 6.07) is 2.77. The van der Waals surface area contributed by atoms with E-state index in [9.17, 15) is 14.0 Å². The highest BCUT2D eigenvalue weighted by molar-refractivity contribution is 5.95. The van der Waals surface area contributed by atoms with Gasteiger partial charge in [-0.2, -0.15) is 0 Å². The molecule has 0 bridgehead atoms. The molecule has 1 aromatic carbocycles. The summed E-state index contributed by atoms with van der Waals surface area (Å²) < 4.78 is 19.0. The molecule has 0 aromatic heterocycles. The zero-order valence-electron chi connectivity index (χ0n) is 14.0. The minimum absolute atomic E-state index is 0.0809. The highest BCUT2D eigenvalue weighted by Crippen LogP contribution is 2.16. The number of rotatable bonds is 5. The number of nitrogens with one attached hydrogen (secondary N) is 2. The fourth-order valence-corrected chi connectivity index (χ4v) is 1.85. The molecule has 0 saturated heterocycles. The summed E-state index contributed by atoms with van der Waals surface area (Å²) in [5.41, 5.74) is 5.64. The van der Waals surface area contributed by atoms with E-state index in [0.717, 1.165) is 0 Å². The number of alkyl carbamates (subject to hydrolysis) is 1. The zero-order chi connectivity index (χ0) is 17.6. The van der Waals surface area contributed by atoms with Crippen LogP contribution in [-0.2, 0) is 4.74 Å². The Morgan fingerprint density at radius 1 is 1.22 bits per heavy atom. The van der Waals surface area contributed by atoms with Gasteiger partial charge in [0.25, 0.3) is 5.91 Å². The van der Waals surface area contributed by atoms with E-state index in [0.29, 0.717) is 30.8 Å². The normalized spacial score (nSPS) is 11.0. The van der Waals surface area contributed by atoms with Crippen LogP contribution >= 0.6 is 0 Å². The van der Waals surface area contributed by atoms with E-state index in [1.54, 1.807) is 27.7 Å². The van der Waals surface area contributed by atoms with Gasteiger partial charge in [-0.05, 0) is 51.8 Å². The van der Waals surface area contributed by atoms with Crippen molar-refractivity contribution < 1.29 is 18.7 Å². The van der Waals surface area contributed by atoms with Gasteiger partial charge in [-0.1, -0.05) is 0 Å². The average molecular weight is 325 g/mol. The molecule has 6 nitrogen and oxygen atoms in total. The molecule has 0 radical (unpaired) electrons. The number of nitrogens with two attached hydrogens (primary N) is 1. The van der Waals surface area contributed by atoms with Gasteiger partial charge in [0.2, 0.25) is 0 Å². The molecule has 1 rings (SSSR count). The van der Waals surface area contributed by atoms with E-state index in [2.05, 4.69) is 10.6 Å². The highest BCUT2D eigenvalue weighted by Gasteiger charge is 2.16. The van der Waals surface area contributed by atoms with Crippen molar-refractivity contribution >= 4 is 17.7 Å². The van der Waals surface area contributed by atoms with Crippen LogP contribution in [0.15, 0.2) is 12.1 Å². The lowest BCUT2D eigenvalue weighted by molar-refractivity contribution is 0.0527. The first kappa shape index (κ1) is 18.7. The Bertz CT molecular complexity index is 583. The van der Waals surface area contributed by atoms with Crippen LogP contribution in [0.25, 0.3) is 0 Å². The predicted octanol–water partition coefficient (Wildman–Crippen LogP) is 2.36. The second kappa shape index (κ2) is 7.80. The quantitative estimate of drug-likeness (QED) is 0.572. The number of carbonyl (C=O) groups is 2. The van der Waals surface area contributed by atoms with Crippen molar-refractivity contribution in [1.29, 1.82) is 0 Å². The molecule has 0 saturated carbocycles. The second-order valence-corrected chi connectivity index (χ2v) is 6.24. The number of aryl methyl sites for hydroxylation is 1. The maximum Gasteiger partial charge on any atom is 0.407 e. The predicted molar refractivity (Wildman–Crippen MR) is 86.7 cm³/mol. The summed E-state index contributed by atoms with van der Waals surface area (Å²) in [6.45, 7) is 7.50. The Kier molecular flexibility index (Phi) is 6.36. The molecule has 0 spiro atoms. The summed E-state index contributed by atoms with van der Waals surface area (Å²) in [4.78, 5) is 23.3. The van der Waals surface area contributed by atoms with Gasteiger partial charge in [-0.3, -0.25) is 4.79 Å². The number of amides is 2. The number of benzene rings is 1. The van der Waals surface area contributed by atoms with Gasteiger partial charge in [0.05, 0.1) is 5.56 Å². The molecule has 0 aliphatic carbocycles. The maximum atomic E-state index is 13.9. The van der Waals surface area contributed by atoms with Gasteiger partial charge in [0.1, 0.15) is 11.4 Å². The Morgan fingerprint density at radius 2 is 1.83 bits per heavy atom. The van der Waals surface area contributed by atoms with Crippen LogP contribution in [0.1, 0.15) is 43.1 Å². The molecule has 23 heavy (non-hydrogen) atoms. The van der Waals surface area contributed by atoms with Crippen LogP contribution in [0.3, 0.4) is 0 Å². The van der Waals surface area contributed by atoms with Crippen LogP contribution < -0.4 is 16.4 Å². The summed E-state index contributed by atoms with van der Waals surface area (Å²) >= 11 is 0. The fraction of sp³-hybridized carbons (Fsp3) is 0.500. The first-order valence-corrected chi connectivity index (χ1v) is 7.41. The molecule has 0 fully saturated rings. The molecule has 0 aliphatic rings. The number of carbonyl (C=O) groups excluding carboxylic acids is 2. The summed E-state index contributed by atoms with van der Waals surface area (Å²) in [5.74, 6) is -1.11. The molecule has 0 aliphatic heterocycles. The van der Waals surface area contributed by atoms with E-state index in [-0.39, 0.29) is 5.56 Å². The van der Waals surface area contributed by atoms with Gasteiger partial charge < -0.3 is 21.1 Å². The summed E-state index contributed by atoms with van der Waals surface area (Å²) in [7, 11) is 0. The van der Waals surface area contributed by atoms with Gasteiger partial charge in [0.15, 0.2) is 0 Å². The number of hydrogen-bond donors (Lipinski definition) is 3. The average Bonchev–Trinajstić information content (AvgIpc) is 2.40. The van der Waals surface area contributed by atoms with Gasteiger partial charge in [0, 0.05) is 18.8 Å². The number of hydrogen-bond acceptors (Lipinski definition) is 4. The minimum atomic E-state index is -0.580. The first-order valence-electron chi connectivity index (χ1n) is 7.41. The number of anilines is 1. The Morgan fingerprint density at radius 3 is 2.43 bits per heavy atom. The van der Waals surface area contributed by atoms with E-state index in [1.165, 1.54) is 12.1 Å². The van der Waals surface area contributed by atoms with Crippen molar-refractivity contribution in [2.75, 3.05) is 18.8 Å². The van der Waals surface area contributed by atoms with Crippen LogP contribution in [-0.4, -0.2) is 30.7 Å². The van der Waals surface area contributed by atoms with Crippen molar-refractivity contribution in [1.82, 2.24) is 10.6 Å². The Balaban J connectivity index is 2.37. The van der Waals surface area contributed by atoms with E-state index >= 15 is 0 Å². The van der Waals surface area contributed by atoms with E-state index in [1.807, 2.05) is 0 Å². The molecule has 0 atom stereocenters. The van der Waals surface area contributed by atoms with Gasteiger partial charge in [-0.15, -0.1) is 0 Å². The summed E-state index contributed by atoms with van der Waals surface area (Å²) in [6.07, 6.45) is -0.0187. The van der Waals surface area contributed by atoms with Crippen LogP contribution in [0, 0.1) is 12.7 Å². The summed E-state index contributed by atoms with van der Waals surface area (Å²) in [5, 5.41) is 5.17. The molecule has 4 N–H and O–H groups in total. The molecule has 1 aromatic rings. The minimum Gasteiger partial charge on any atom is -0.444 e. The lowest BCUT2D eigenvalue weighted by Crippen LogP contribution is -2.34. The third-order valence-electron chi connectivity index (χ3n) is 2.83. The Hall–Kier alpha value is -2.31. The molecule has 0 unspecified atom stereocenters. The molecular weight excluding hydrogens is 301 g/mol. The third-order valence-corrected chi connectivity index (χ3v) is 2.83. The lowest BCUT2D eigenvalue weighted by atomic mass is 10.1. The topological polar surface area (TPSA) is 93.5 Å². The number of halogens is 1. The SMILES string of the molecule is Cc1cc(N)cc(C(=O)NCCCNC(=O)OC(C)(C)C)c1F.